The second-order valence-electron chi connectivity index (χ2n) is 7.60. The van der Waals surface area contributed by atoms with Gasteiger partial charge in [-0.15, -0.1) is 0 Å². The first-order valence-electron chi connectivity index (χ1n) is 9.03. The molecule has 2 N–H and O–H groups in total. The first kappa shape index (κ1) is 15.7. The van der Waals surface area contributed by atoms with Crippen LogP contribution in [-0.4, -0.2) is 71.4 Å². The first-order chi connectivity index (χ1) is 10.2. The molecule has 0 bridgehead atoms. The lowest BCUT2D eigenvalue weighted by atomic mass is 9.97. The molecule has 4 nitrogen and oxygen atoms in total. The fourth-order valence-corrected chi connectivity index (χ4v) is 4.85. The van der Waals surface area contributed by atoms with Crippen LogP contribution in [0, 0.1) is 0 Å². The van der Waals surface area contributed by atoms with Gasteiger partial charge < -0.3 is 10.4 Å². The molecule has 0 aromatic carbocycles. The Morgan fingerprint density at radius 3 is 2.86 bits per heavy atom. The van der Waals surface area contributed by atoms with Gasteiger partial charge in [0, 0.05) is 36.8 Å². The minimum absolute atomic E-state index is 0.00674. The summed E-state index contributed by atoms with van der Waals surface area (Å²) in [6, 6.07) is 2.14. The van der Waals surface area contributed by atoms with E-state index in [2.05, 4.69) is 29.0 Å². The van der Waals surface area contributed by atoms with Gasteiger partial charge in [0.15, 0.2) is 0 Å². The molecule has 3 fully saturated rings. The standard InChI is InChI=1S/C17H33N3O/c1-3-8-18-17(13-21)7-6-15(10-17)20-12-16-5-4-9-19(16)11-14(20)2/h14-16,18,21H,3-13H2,1-2H3. The fraction of sp³-hybridized carbons (Fsp3) is 1.00. The second-order valence-corrected chi connectivity index (χ2v) is 7.60. The number of hydrogen-bond acceptors (Lipinski definition) is 4. The van der Waals surface area contributed by atoms with Gasteiger partial charge in [-0.1, -0.05) is 6.92 Å². The lowest BCUT2D eigenvalue weighted by molar-refractivity contribution is 0.0253. The van der Waals surface area contributed by atoms with E-state index < -0.39 is 0 Å². The highest BCUT2D eigenvalue weighted by Gasteiger charge is 2.44. The van der Waals surface area contributed by atoms with E-state index in [-0.39, 0.29) is 5.54 Å². The summed E-state index contributed by atoms with van der Waals surface area (Å²) >= 11 is 0. The smallest absolute Gasteiger partial charge is 0.0613 e. The monoisotopic (exact) mass is 295 g/mol. The molecular weight excluding hydrogens is 262 g/mol. The maximum Gasteiger partial charge on any atom is 0.0613 e. The number of fused-ring (bicyclic) bond motifs is 1. The van der Waals surface area contributed by atoms with Gasteiger partial charge in [0.1, 0.15) is 0 Å². The Morgan fingerprint density at radius 1 is 1.24 bits per heavy atom. The van der Waals surface area contributed by atoms with Crippen LogP contribution in [0.3, 0.4) is 0 Å². The minimum atomic E-state index is -0.00674. The molecule has 3 aliphatic rings. The van der Waals surface area contributed by atoms with Crippen molar-refractivity contribution in [3.8, 4) is 0 Å². The van der Waals surface area contributed by atoms with E-state index in [1.165, 1.54) is 38.9 Å². The van der Waals surface area contributed by atoms with Crippen molar-refractivity contribution in [2.45, 2.75) is 76.0 Å². The van der Waals surface area contributed by atoms with Crippen LogP contribution in [-0.2, 0) is 0 Å². The zero-order chi connectivity index (χ0) is 14.9. The molecule has 2 aliphatic heterocycles. The van der Waals surface area contributed by atoms with Crippen molar-refractivity contribution < 1.29 is 5.11 Å². The van der Waals surface area contributed by atoms with E-state index >= 15 is 0 Å². The van der Waals surface area contributed by atoms with Gasteiger partial charge in [-0.3, -0.25) is 9.80 Å². The summed E-state index contributed by atoms with van der Waals surface area (Å²) in [6.07, 6.45) is 7.41. The molecule has 1 saturated carbocycles. The third kappa shape index (κ3) is 3.14. The van der Waals surface area contributed by atoms with Gasteiger partial charge in [0.05, 0.1) is 6.61 Å². The maximum atomic E-state index is 9.89. The molecule has 4 atom stereocenters. The Bertz CT molecular complexity index is 351. The van der Waals surface area contributed by atoms with Crippen LogP contribution in [0.2, 0.25) is 0 Å². The van der Waals surface area contributed by atoms with Gasteiger partial charge >= 0.3 is 0 Å². The van der Waals surface area contributed by atoms with Gasteiger partial charge in [0.2, 0.25) is 0 Å². The van der Waals surface area contributed by atoms with E-state index in [1.807, 2.05) is 0 Å². The number of nitrogens with zero attached hydrogens (tertiary/aromatic N) is 2. The Hall–Kier alpha value is -0.160. The molecule has 4 heteroatoms. The molecule has 0 radical (unpaired) electrons. The summed E-state index contributed by atoms with van der Waals surface area (Å²) in [5, 5.41) is 13.5. The lowest BCUT2D eigenvalue weighted by Gasteiger charge is -2.45. The quantitative estimate of drug-likeness (QED) is 0.805. The summed E-state index contributed by atoms with van der Waals surface area (Å²) < 4.78 is 0. The van der Waals surface area contributed by atoms with Crippen LogP contribution in [0.5, 0.6) is 0 Å². The maximum absolute atomic E-state index is 9.89. The Morgan fingerprint density at radius 2 is 2.10 bits per heavy atom. The van der Waals surface area contributed by atoms with E-state index in [0.29, 0.717) is 18.7 Å². The normalized spacial score (nSPS) is 41.6. The molecule has 0 aromatic heterocycles. The minimum Gasteiger partial charge on any atom is -0.394 e. The molecule has 0 amide bonds. The van der Waals surface area contributed by atoms with Crippen LogP contribution < -0.4 is 5.32 Å². The molecule has 122 valence electrons. The third-order valence-electron chi connectivity index (χ3n) is 6.09. The van der Waals surface area contributed by atoms with E-state index in [9.17, 15) is 5.11 Å². The van der Waals surface area contributed by atoms with Crippen molar-refractivity contribution in [1.29, 1.82) is 0 Å². The topological polar surface area (TPSA) is 38.7 Å². The summed E-state index contributed by atoms with van der Waals surface area (Å²) in [6.45, 7) is 9.72. The number of hydrogen-bond donors (Lipinski definition) is 2. The molecule has 1 aliphatic carbocycles. The summed E-state index contributed by atoms with van der Waals surface area (Å²) in [7, 11) is 0. The van der Waals surface area contributed by atoms with Crippen molar-refractivity contribution in [3.63, 3.8) is 0 Å². The highest BCUT2D eigenvalue weighted by molar-refractivity contribution is 5.02. The third-order valence-corrected chi connectivity index (χ3v) is 6.09. The average Bonchev–Trinajstić information content (AvgIpc) is 3.11. The summed E-state index contributed by atoms with van der Waals surface area (Å²) in [4.78, 5) is 5.46. The molecule has 4 unspecified atom stereocenters. The average molecular weight is 295 g/mol. The predicted octanol–water partition coefficient (Wildman–Crippen LogP) is 1.44. The van der Waals surface area contributed by atoms with Crippen LogP contribution in [0.4, 0.5) is 0 Å². The largest absolute Gasteiger partial charge is 0.394 e. The van der Waals surface area contributed by atoms with E-state index in [0.717, 1.165) is 31.8 Å². The molecule has 3 rings (SSSR count). The Labute approximate surface area is 129 Å². The zero-order valence-corrected chi connectivity index (χ0v) is 13.9. The molecular formula is C17H33N3O. The second kappa shape index (κ2) is 6.53. The van der Waals surface area contributed by atoms with E-state index in [1.54, 1.807) is 0 Å². The van der Waals surface area contributed by atoms with Crippen molar-refractivity contribution in [3.05, 3.63) is 0 Å². The lowest BCUT2D eigenvalue weighted by Crippen LogP contribution is -2.58. The SMILES string of the molecule is CCCNC1(CO)CCC(N2CC3CCCN3CC2C)C1. The van der Waals surface area contributed by atoms with Crippen LogP contribution in [0.1, 0.15) is 52.4 Å². The van der Waals surface area contributed by atoms with Gasteiger partial charge in [0.25, 0.3) is 0 Å². The van der Waals surface area contributed by atoms with Crippen molar-refractivity contribution in [2.75, 3.05) is 32.8 Å². The number of aliphatic hydroxyl groups excluding tert-OH is 1. The van der Waals surface area contributed by atoms with Gasteiger partial charge in [-0.2, -0.15) is 0 Å². The zero-order valence-electron chi connectivity index (χ0n) is 13.9. The Balaban J connectivity index is 1.62. The summed E-state index contributed by atoms with van der Waals surface area (Å²) in [5.41, 5.74) is -0.00674. The first-order valence-corrected chi connectivity index (χ1v) is 9.03. The van der Waals surface area contributed by atoms with Crippen molar-refractivity contribution >= 4 is 0 Å². The highest BCUT2D eigenvalue weighted by Crippen LogP contribution is 2.36. The Kier molecular flexibility index (Phi) is 4.89. The van der Waals surface area contributed by atoms with Crippen molar-refractivity contribution in [1.82, 2.24) is 15.1 Å². The summed E-state index contributed by atoms with van der Waals surface area (Å²) in [5.74, 6) is 0. The highest BCUT2D eigenvalue weighted by atomic mass is 16.3. The van der Waals surface area contributed by atoms with Gasteiger partial charge in [-0.25, -0.2) is 0 Å². The number of nitrogens with one attached hydrogen (secondary N) is 1. The van der Waals surface area contributed by atoms with Crippen LogP contribution in [0.15, 0.2) is 0 Å². The van der Waals surface area contributed by atoms with Gasteiger partial charge in [-0.05, 0) is 58.5 Å². The van der Waals surface area contributed by atoms with Crippen LogP contribution in [0.25, 0.3) is 0 Å². The van der Waals surface area contributed by atoms with Crippen molar-refractivity contribution in [2.24, 2.45) is 0 Å². The number of rotatable bonds is 5. The molecule has 2 heterocycles. The number of piperazine rings is 1. The van der Waals surface area contributed by atoms with E-state index in [4.69, 9.17) is 0 Å². The molecule has 2 saturated heterocycles. The molecule has 0 aromatic rings. The number of aliphatic hydroxyl groups is 1. The van der Waals surface area contributed by atoms with Crippen LogP contribution >= 0.6 is 0 Å². The fourth-order valence-electron chi connectivity index (χ4n) is 4.85. The molecule has 0 spiro atoms. The predicted molar refractivity (Wildman–Crippen MR) is 86.5 cm³/mol. The molecule has 21 heavy (non-hydrogen) atoms.